The molecule has 5 aromatic rings. The van der Waals surface area contributed by atoms with Crippen molar-refractivity contribution < 1.29 is 0 Å². The Hall–Kier alpha value is -3.72. The third-order valence-corrected chi connectivity index (χ3v) is 6.34. The maximum absolute atomic E-state index is 4.72. The fraction of sp³-hybridized carbons (Fsp3) is 0.111. The van der Waals surface area contributed by atoms with Crippen LogP contribution < -0.4 is 4.90 Å². The summed E-state index contributed by atoms with van der Waals surface area (Å²) in [5.74, 6) is 0. The van der Waals surface area contributed by atoms with Crippen LogP contribution in [0.3, 0.4) is 0 Å². The maximum Gasteiger partial charge on any atom is 0.0985 e. The number of rotatable bonds is 1. The van der Waals surface area contributed by atoms with E-state index in [9.17, 15) is 0 Å². The summed E-state index contributed by atoms with van der Waals surface area (Å²) < 4.78 is 0. The number of anilines is 3. The second-order valence-electron chi connectivity index (χ2n) is 8.36. The second-order valence-corrected chi connectivity index (χ2v) is 8.36. The van der Waals surface area contributed by atoms with Crippen LogP contribution in [0.1, 0.15) is 25.0 Å². The van der Waals surface area contributed by atoms with Crippen LogP contribution in [0.4, 0.5) is 17.1 Å². The van der Waals surface area contributed by atoms with Crippen molar-refractivity contribution in [2.45, 2.75) is 19.3 Å². The van der Waals surface area contributed by atoms with Crippen molar-refractivity contribution in [1.29, 1.82) is 0 Å². The van der Waals surface area contributed by atoms with E-state index in [4.69, 9.17) is 4.98 Å². The quantitative estimate of drug-likeness (QED) is 0.293. The van der Waals surface area contributed by atoms with Crippen molar-refractivity contribution in [2.24, 2.45) is 0 Å². The Balaban J connectivity index is 1.72. The van der Waals surface area contributed by atoms with E-state index < -0.39 is 0 Å². The first-order chi connectivity index (χ1) is 14.7. The molecule has 0 saturated heterocycles. The first-order valence-electron chi connectivity index (χ1n) is 10.3. The van der Waals surface area contributed by atoms with Gasteiger partial charge in [-0.25, -0.2) is 0 Å². The van der Waals surface area contributed by atoms with E-state index in [1.54, 1.807) is 0 Å². The summed E-state index contributed by atoms with van der Waals surface area (Å²) in [5.41, 5.74) is 8.02. The molecule has 0 N–H and O–H groups in total. The molecule has 144 valence electrons. The van der Waals surface area contributed by atoms with Crippen molar-refractivity contribution in [3.05, 3.63) is 102 Å². The number of hydrogen-bond donors (Lipinski definition) is 0. The molecule has 0 fully saturated rings. The minimum atomic E-state index is -0.0687. The molecule has 0 spiro atoms. The minimum absolute atomic E-state index is 0.0687. The zero-order valence-corrected chi connectivity index (χ0v) is 17.0. The van der Waals surface area contributed by atoms with E-state index in [-0.39, 0.29) is 5.41 Å². The summed E-state index contributed by atoms with van der Waals surface area (Å²) in [6, 6.07) is 27.9. The summed E-state index contributed by atoms with van der Waals surface area (Å²) in [7, 11) is 0. The highest BCUT2D eigenvalue weighted by molar-refractivity contribution is 6.09. The molecule has 3 aromatic carbocycles. The fourth-order valence-electron chi connectivity index (χ4n) is 4.86. The molecule has 0 amide bonds. The van der Waals surface area contributed by atoms with Crippen LogP contribution in [0.5, 0.6) is 0 Å². The van der Waals surface area contributed by atoms with Gasteiger partial charge in [0.05, 0.1) is 28.1 Å². The van der Waals surface area contributed by atoms with Crippen LogP contribution in [-0.4, -0.2) is 9.97 Å². The van der Waals surface area contributed by atoms with Gasteiger partial charge in [0.15, 0.2) is 0 Å². The SMILES string of the molecule is CC1(C)c2ccccc2N(c2ccnc3c2ccc2cccnc23)c2ccccc21. The van der Waals surface area contributed by atoms with Gasteiger partial charge in [-0.15, -0.1) is 0 Å². The molecule has 1 aliphatic rings. The zero-order valence-electron chi connectivity index (χ0n) is 17.0. The third kappa shape index (κ3) is 2.26. The van der Waals surface area contributed by atoms with E-state index in [1.165, 1.54) is 22.5 Å². The Bertz CT molecular complexity index is 1390. The predicted octanol–water partition coefficient (Wildman–Crippen LogP) is 6.89. The first-order valence-corrected chi connectivity index (χ1v) is 10.3. The van der Waals surface area contributed by atoms with Gasteiger partial charge in [-0.2, -0.15) is 0 Å². The molecule has 3 heterocycles. The predicted molar refractivity (Wildman–Crippen MR) is 124 cm³/mol. The van der Waals surface area contributed by atoms with Crippen molar-refractivity contribution in [1.82, 2.24) is 9.97 Å². The van der Waals surface area contributed by atoms with Gasteiger partial charge in [0.2, 0.25) is 0 Å². The van der Waals surface area contributed by atoms with Gasteiger partial charge in [-0.1, -0.05) is 62.4 Å². The summed E-state index contributed by atoms with van der Waals surface area (Å²) >= 11 is 0. The van der Waals surface area contributed by atoms with Gasteiger partial charge in [0, 0.05) is 28.6 Å². The van der Waals surface area contributed by atoms with Crippen molar-refractivity contribution in [3.8, 4) is 0 Å². The number of para-hydroxylation sites is 2. The molecule has 1 aliphatic heterocycles. The summed E-state index contributed by atoms with van der Waals surface area (Å²) in [6.07, 6.45) is 3.74. The molecule has 0 saturated carbocycles. The Labute approximate surface area is 175 Å². The lowest BCUT2D eigenvalue weighted by Gasteiger charge is -2.42. The van der Waals surface area contributed by atoms with Crippen LogP contribution in [0.25, 0.3) is 21.8 Å². The maximum atomic E-state index is 4.72. The fourth-order valence-corrected chi connectivity index (χ4v) is 4.86. The van der Waals surface area contributed by atoms with Gasteiger partial charge < -0.3 is 4.90 Å². The zero-order chi connectivity index (χ0) is 20.3. The van der Waals surface area contributed by atoms with Crippen LogP contribution in [-0.2, 0) is 5.41 Å². The first kappa shape index (κ1) is 17.2. The lowest BCUT2D eigenvalue weighted by Crippen LogP contribution is -2.30. The van der Waals surface area contributed by atoms with Gasteiger partial charge in [0.1, 0.15) is 0 Å². The molecular weight excluding hydrogens is 366 g/mol. The number of aromatic nitrogens is 2. The van der Waals surface area contributed by atoms with Crippen molar-refractivity contribution >= 4 is 38.9 Å². The van der Waals surface area contributed by atoms with Crippen LogP contribution >= 0.6 is 0 Å². The van der Waals surface area contributed by atoms with Crippen LogP contribution in [0.2, 0.25) is 0 Å². The Morgan fingerprint density at radius 2 is 1.27 bits per heavy atom. The van der Waals surface area contributed by atoms with E-state index >= 15 is 0 Å². The number of hydrogen-bond acceptors (Lipinski definition) is 3. The van der Waals surface area contributed by atoms with Gasteiger partial charge in [0.25, 0.3) is 0 Å². The van der Waals surface area contributed by atoms with Crippen molar-refractivity contribution in [2.75, 3.05) is 4.90 Å². The highest BCUT2D eigenvalue weighted by atomic mass is 15.2. The van der Waals surface area contributed by atoms with Crippen molar-refractivity contribution in [3.63, 3.8) is 0 Å². The van der Waals surface area contributed by atoms with Crippen LogP contribution in [0, 0.1) is 0 Å². The molecule has 0 unspecified atom stereocenters. The minimum Gasteiger partial charge on any atom is -0.309 e. The molecule has 6 rings (SSSR count). The van der Waals surface area contributed by atoms with Gasteiger partial charge >= 0.3 is 0 Å². The summed E-state index contributed by atoms with van der Waals surface area (Å²) in [6.45, 7) is 4.62. The van der Waals surface area contributed by atoms with Gasteiger partial charge in [-0.3, -0.25) is 9.97 Å². The average molecular weight is 387 g/mol. The number of nitrogens with zero attached hydrogens (tertiary/aromatic N) is 3. The van der Waals surface area contributed by atoms with E-state index in [1.807, 2.05) is 18.5 Å². The molecule has 30 heavy (non-hydrogen) atoms. The number of benzene rings is 3. The van der Waals surface area contributed by atoms with E-state index in [2.05, 4.69) is 96.5 Å². The standard InChI is InChI=1S/C27H21N3/c1-27(2)20-9-3-5-11-23(20)30(24-12-6-4-10-21(24)27)22-15-17-29-26-19(22)14-13-18-8-7-16-28-25(18)26/h3-17H,1-2H3. The second kappa shape index (κ2) is 6.14. The molecule has 3 heteroatoms. The average Bonchev–Trinajstić information content (AvgIpc) is 2.79. The monoisotopic (exact) mass is 387 g/mol. The third-order valence-electron chi connectivity index (χ3n) is 6.34. The largest absolute Gasteiger partial charge is 0.309 e. The highest BCUT2D eigenvalue weighted by Gasteiger charge is 2.36. The van der Waals surface area contributed by atoms with E-state index in [0.717, 1.165) is 27.5 Å². The number of pyridine rings is 2. The summed E-state index contributed by atoms with van der Waals surface area (Å²) in [5, 5.41) is 2.21. The van der Waals surface area contributed by atoms with Gasteiger partial charge in [-0.05, 0) is 41.5 Å². The number of fused-ring (bicyclic) bond motifs is 5. The highest BCUT2D eigenvalue weighted by Crippen LogP contribution is 2.52. The molecule has 0 radical (unpaired) electrons. The molecule has 2 aromatic heterocycles. The summed E-state index contributed by atoms with van der Waals surface area (Å²) in [4.78, 5) is 11.7. The molecule has 0 bridgehead atoms. The lowest BCUT2D eigenvalue weighted by atomic mass is 9.73. The Morgan fingerprint density at radius 3 is 2.00 bits per heavy atom. The lowest BCUT2D eigenvalue weighted by molar-refractivity contribution is 0.632. The molecular formula is C27H21N3. The molecule has 0 atom stereocenters. The smallest absolute Gasteiger partial charge is 0.0985 e. The Morgan fingerprint density at radius 1 is 0.600 bits per heavy atom. The Kier molecular flexibility index (Phi) is 3.51. The van der Waals surface area contributed by atoms with Crippen LogP contribution in [0.15, 0.2) is 91.3 Å². The molecule has 3 nitrogen and oxygen atoms in total. The van der Waals surface area contributed by atoms with E-state index in [0.29, 0.717) is 0 Å². The normalized spacial score (nSPS) is 14.5. The topological polar surface area (TPSA) is 29.0 Å². The molecule has 0 aliphatic carbocycles.